The standard InChI is InChI=1S/C12H8F2N2O3/c13-8-2-1-6(5-9(8)14)19-11-10(15)7(12(17)18)3-4-16-11/h1-5H,15H2,(H,17,18). The first kappa shape index (κ1) is 12.7. The lowest BCUT2D eigenvalue weighted by atomic mass is 10.2. The van der Waals surface area contributed by atoms with Gasteiger partial charge in [0.15, 0.2) is 11.6 Å². The second-order valence-electron chi connectivity index (χ2n) is 3.56. The molecule has 0 spiro atoms. The Bertz CT molecular complexity index is 647. The lowest BCUT2D eigenvalue weighted by molar-refractivity contribution is 0.0697. The van der Waals surface area contributed by atoms with Gasteiger partial charge in [-0.15, -0.1) is 0 Å². The maximum atomic E-state index is 13.0. The lowest BCUT2D eigenvalue weighted by Gasteiger charge is -2.09. The van der Waals surface area contributed by atoms with Gasteiger partial charge >= 0.3 is 5.97 Å². The SMILES string of the molecule is Nc1c(C(=O)O)ccnc1Oc1ccc(F)c(F)c1. The number of halogens is 2. The maximum Gasteiger partial charge on any atom is 0.338 e. The second kappa shape index (κ2) is 4.89. The van der Waals surface area contributed by atoms with E-state index in [0.29, 0.717) is 0 Å². The van der Waals surface area contributed by atoms with Crippen LogP contribution < -0.4 is 10.5 Å². The Morgan fingerprint density at radius 3 is 2.63 bits per heavy atom. The zero-order chi connectivity index (χ0) is 14.0. The molecular weight excluding hydrogens is 258 g/mol. The zero-order valence-electron chi connectivity index (χ0n) is 9.43. The molecule has 98 valence electrons. The molecule has 19 heavy (non-hydrogen) atoms. The van der Waals surface area contributed by atoms with E-state index in [2.05, 4.69) is 4.98 Å². The summed E-state index contributed by atoms with van der Waals surface area (Å²) in [6, 6.07) is 4.06. The lowest BCUT2D eigenvalue weighted by Crippen LogP contribution is -2.05. The number of hydrogen-bond donors (Lipinski definition) is 2. The van der Waals surface area contributed by atoms with E-state index in [4.69, 9.17) is 15.6 Å². The van der Waals surface area contributed by atoms with Crippen LogP contribution >= 0.6 is 0 Å². The van der Waals surface area contributed by atoms with Crippen molar-refractivity contribution in [2.75, 3.05) is 5.73 Å². The molecule has 0 aliphatic rings. The molecule has 0 radical (unpaired) electrons. The van der Waals surface area contributed by atoms with Crippen LogP contribution in [-0.2, 0) is 0 Å². The van der Waals surface area contributed by atoms with E-state index in [1.807, 2.05) is 0 Å². The highest BCUT2D eigenvalue weighted by Gasteiger charge is 2.14. The molecule has 7 heteroatoms. The molecule has 0 aliphatic heterocycles. The summed E-state index contributed by atoms with van der Waals surface area (Å²) in [7, 11) is 0. The quantitative estimate of drug-likeness (QED) is 0.891. The van der Waals surface area contributed by atoms with E-state index < -0.39 is 17.6 Å². The number of carbonyl (C=O) groups is 1. The van der Waals surface area contributed by atoms with E-state index >= 15 is 0 Å². The predicted molar refractivity (Wildman–Crippen MR) is 62.0 cm³/mol. The Morgan fingerprint density at radius 2 is 2.00 bits per heavy atom. The monoisotopic (exact) mass is 266 g/mol. The molecule has 1 heterocycles. The fourth-order valence-corrected chi connectivity index (χ4v) is 1.37. The van der Waals surface area contributed by atoms with Gasteiger partial charge < -0.3 is 15.6 Å². The summed E-state index contributed by atoms with van der Waals surface area (Å²) >= 11 is 0. The van der Waals surface area contributed by atoms with Crippen LogP contribution in [-0.4, -0.2) is 16.1 Å². The molecule has 0 atom stereocenters. The summed E-state index contributed by atoms with van der Waals surface area (Å²) in [6.45, 7) is 0. The molecule has 0 saturated carbocycles. The van der Waals surface area contributed by atoms with Crippen molar-refractivity contribution in [1.82, 2.24) is 4.98 Å². The van der Waals surface area contributed by atoms with Gasteiger partial charge in [-0.1, -0.05) is 0 Å². The number of benzene rings is 1. The third kappa shape index (κ3) is 2.59. The molecule has 1 aromatic carbocycles. The van der Waals surface area contributed by atoms with Crippen molar-refractivity contribution in [2.45, 2.75) is 0 Å². The normalized spacial score (nSPS) is 10.2. The Labute approximate surface area is 106 Å². The van der Waals surface area contributed by atoms with Crippen LogP contribution in [0.15, 0.2) is 30.5 Å². The van der Waals surface area contributed by atoms with Crippen molar-refractivity contribution in [3.63, 3.8) is 0 Å². The minimum absolute atomic E-state index is 0.0411. The Balaban J connectivity index is 2.35. The van der Waals surface area contributed by atoms with Gasteiger partial charge in [0.1, 0.15) is 11.4 Å². The van der Waals surface area contributed by atoms with E-state index in [9.17, 15) is 13.6 Å². The fraction of sp³-hybridized carbons (Fsp3) is 0. The third-order valence-electron chi connectivity index (χ3n) is 2.29. The predicted octanol–water partition coefficient (Wildman–Crippen LogP) is 2.43. The van der Waals surface area contributed by atoms with Crippen LogP contribution in [0.2, 0.25) is 0 Å². The molecule has 0 aliphatic carbocycles. The molecule has 0 bridgehead atoms. The Morgan fingerprint density at radius 1 is 1.26 bits per heavy atom. The van der Waals surface area contributed by atoms with Gasteiger partial charge in [0.2, 0.25) is 5.88 Å². The highest BCUT2D eigenvalue weighted by molar-refractivity contribution is 5.94. The minimum atomic E-state index is -1.24. The number of aromatic nitrogens is 1. The molecule has 0 unspecified atom stereocenters. The first-order valence-electron chi connectivity index (χ1n) is 5.09. The molecule has 0 fully saturated rings. The van der Waals surface area contributed by atoms with E-state index in [0.717, 1.165) is 12.1 Å². The van der Waals surface area contributed by atoms with Crippen LogP contribution in [0.4, 0.5) is 14.5 Å². The van der Waals surface area contributed by atoms with Crippen molar-refractivity contribution in [3.8, 4) is 11.6 Å². The summed E-state index contributed by atoms with van der Waals surface area (Å²) in [5, 5.41) is 8.86. The number of rotatable bonds is 3. The number of anilines is 1. The van der Waals surface area contributed by atoms with Crippen molar-refractivity contribution >= 4 is 11.7 Å². The summed E-state index contributed by atoms with van der Waals surface area (Å²) < 4.78 is 30.9. The number of nitrogen functional groups attached to an aromatic ring is 1. The number of carboxylic acid groups (broad SMARTS) is 1. The fourth-order valence-electron chi connectivity index (χ4n) is 1.37. The van der Waals surface area contributed by atoms with Crippen LogP contribution in [0, 0.1) is 11.6 Å². The Kier molecular flexibility index (Phi) is 3.28. The van der Waals surface area contributed by atoms with E-state index in [1.54, 1.807) is 0 Å². The highest BCUT2D eigenvalue weighted by Crippen LogP contribution is 2.28. The maximum absolute atomic E-state index is 13.0. The molecule has 3 N–H and O–H groups in total. The summed E-state index contributed by atoms with van der Waals surface area (Å²) in [5.74, 6) is -3.58. The average molecular weight is 266 g/mol. The summed E-state index contributed by atoms with van der Waals surface area (Å²) in [4.78, 5) is 14.6. The smallest absolute Gasteiger partial charge is 0.338 e. The van der Waals surface area contributed by atoms with Crippen molar-refractivity contribution < 1.29 is 23.4 Å². The topological polar surface area (TPSA) is 85.4 Å². The number of hydrogen-bond acceptors (Lipinski definition) is 4. The van der Waals surface area contributed by atoms with Crippen molar-refractivity contribution in [1.29, 1.82) is 0 Å². The minimum Gasteiger partial charge on any atom is -0.478 e. The van der Waals surface area contributed by atoms with Crippen LogP contribution in [0.25, 0.3) is 0 Å². The van der Waals surface area contributed by atoms with Gasteiger partial charge in [-0.3, -0.25) is 0 Å². The van der Waals surface area contributed by atoms with Crippen LogP contribution in [0.5, 0.6) is 11.6 Å². The van der Waals surface area contributed by atoms with Crippen LogP contribution in [0.3, 0.4) is 0 Å². The van der Waals surface area contributed by atoms with Gasteiger partial charge in [-0.25, -0.2) is 18.6 Å². The summed E-state index contributed by atoms with van der Waals surface area (Å²) in [5.41, 5.74) is 5.18. The van der Waals surface area contributed by atoms with Gasteiger partial charge in [0.25, 0.3) is 0 Å². The third-order valence-corrected chi connectivity index (χ3v) is 2.29. The first-order chi connectivity index (χ1) is 8.99. The number of pyridine rings is 1. The number of aromatic carboxylic acids is 1. The van der Waals surface area contributed by atoms with E-state index in [-0.39, 0.29) is 22.9 Å². The van der Waals surface area contributed by atoms with E-state index in [1.165, 1.54) is 18.3 Å². The largest absolute Gasteiger partial charge is 0.478 e. The number of ether oxygens (including phenoxy) is 1. The number of nitrogens with zero attached hydrogens (tertiary/aromatic N) is 1. The summed E-state index contributed by atoms with van der Waals surface area (Å²) in [6.07, 6.45) is 1.19. The second-order valence-corrected chi connectivity index (χ2v) is 3.56. The molecule has 1 aromatic heterocycles. The van der Waals surface area contributed by atoms with Crippen molar-refractivity contribution in [2.24, 2.45) is 0 Å². The van der Waals surface area contributed by atoms with Gasteiger partial charge in [0, 0.05) is 12.3 Å². The highest BCUT2D eigenvalue weighted by atomic mass is 19.2. The number of nitrogens with two attached hydrogens (primary N) is 1. The number of carboxylic acids is 1. The molecule has 5 nitrogen and oxygen atoms in total. The molecule has 0 amide bonds. The molecule has 2 rings (SSSR count). The van der Waals surface area contributed by atoms with Gasteiger partial charge in [0.05, 0.1) is 5.56 Å². The van der Waals surface area contributed by atoms with Gasteiger partial charge in [-0.05, 0) is 18.2 Å². The molecule has 2 aromatic rings. The van der Waals surface area contributed by atoms with Gasteiger partial charge in [-0.2, -0.15) is 0 Å². The first-order valence-corrected chi connectivity index (χ1v) is 5.09. The average Bonchev–Trinajstić information content (AvgIpc) is 2.36. The zero-order valence-corrected chi connectivity index (χ0v) is 9.43. The molecule has 0 saturated heterocycles. The molecular formula is C12H8F2N2O3. The van der Waals surface area contributed by atoms with Crippen LogP contribution in [0.1, 0.15) is 10.4 Å². The van der Waals surface area contributed by atoms with Crippen molar-refractivity contribution in [3.05, 3.63) is 47.7 Å². The Hall–Kier alpha value is -2.70.